The van der Waals surface area contributed by atoms with Crippen LogP contribution in [0.3, 0.4) is 0 Å². The van der Waals surface area contributed by atoms with E-state index < -0.39 is 0 Å². The first-order valence-corrected chi connectivity index (χ1v) is 7.71. The molecule has 0 aliphatic carbocycles. The third-order valence-corrected chi connectivity index (χ3v) is 3.70. The van der Waals surface area contributed by atoms with Crippen LogP contribution in [0.25, 0.3) is 11.3 Å². The molecule has 22 heavy (non-hydrogen) atoms. The summed E-state index contributed by atoms with van der Waals surface area (Å²) >= 11 is 0. The van der Waals surface area contributed by atoms with Gasteiger partial charge in [-0.05, 0) is 45.0 Å². The molecule has 0 fully saturated rings. The number of methoxy groups -OCH3 is 1. The summed E-state index contributed by atoms with van der Waals surface area (Å²) in [5, 5.41) is 7.01. The summed E-state index contributed by atoms with van der Waals surface area (Å²) < 4.78 is 7.54. The van der Waals surface area contributed by atoms with Crippen molar-refractivity contribution in [2.45, 2.75) is 39.4 Å². The quantitative estimate of drug-likeness (QED) is 0.915. The molecule has 0 atom stereocenters. The molecule has 1 aliphatic rings. The van der Waals surface area contributed by atoms with E-state index in [1.165, 1.54) is 0 Å². The van der Waals surface area contributed by atoms with Crippen LogP contribution in [0.1, 0.15) is 26.6 Å². The lowest BCUT2D eigenvalue weighted by atomic mass is 10.1. The molecule has 1 aromatic heterocycles. The van der Waals surface area contributed by atoms with Gasteiger partial charge in [-0.2, -0.15) is 0 Å². The average Bonchev–Trinajstić information content (AvgIpc) is 2.84. The third-order valence-electron chi connectivity index (χ3n) is 3.70. The Morgan fingerprint density at radius 2 is 1.95 bits per heavy atom. The van der Waals surface area contributed by atoms with E-state index in [2.05, 4.69) is 48.1 Å². The molecule has 2 heterocycles. The van der Waals surface area contributed by atoms with Gasteiger partial charge in [0, 0.05) is 24.2 Å². The summed E-state index contributed by atoms with van der Waals surface area (Å²) in [6.45, 7) is 9.25. The maximum absolute atomic E-state index is 5.25. The fraction of sp³-hybridized carbons (Fsp3) is 0.471. The zero-order chi connectivity index (χ0) is 15.7. The Balaban J connectivity index is 2.06. The van der Waals surface area contributed by atoms with Crippen molar-refractivity contribution in [3.63, 3.8) is 0 Å². The first kappa shape index (κ1) is 14.9. The highest BCUT2D eigenvalue weighted by atomic mass is 16.5. The second kappa shape index (κ2) is 5.65. The second-order valence-corrected chi connectivity index (χ2v) is 6.66. The van der Waals surface area contributed by atoms with E-state index in [0.29, 0.717) is 0 Å². The van der Waals surface area contributed by atoms with Crippen molar-refractivity contribution < 1.29 is 4.74 Å². The van der Waals surface area contributed by atoms with E-state index in [1.807, 2.05) is 12.1 Å². The van der Waals surface area contributed by atoms with Crippen molar-refractivity contribution in [3.05, 3.63) is 30.1 Å². The average molecular weight is 300 g/mol. The molecular formula is C17H24N4O. The number of aromatic nitrogens is 2. The first-order valence-electron chi connectivity index (χ1n) is 7.71. The number of hydrogen-bond donors (Lipinski definition) is 2. The van der Waals surface area contributed by atoms with Crippen LogP contribution in [-0.4, -0.2) is 28.7 Å². The molecule has 2 N–H and O–H groups in total. The number of fused-ring (bicyclic) bond motifs is 1. The van der Waals surface area contributed by atoms with Crippen LogP contribution in [-0.2, 0) is 13.1 Å². The van der Waals surface area contributed by atoms with Gasteiger partial charge in [-0.1, -0.05) is 0 Å². The molecule has 5 heteroatoms. The number of nitrogens with one attached hydrogen (secondary N) is 2. The predicted octanol–water partition coefficient (Wildman–Crippen LogP) is 2.87. The Morgan fingerprint density at radius 1 is 1.23 bits per heavy atom. The molecule has 2 aromatic rings. The molecule has 1 aromatic carbocycles. The monoisotopic (exact) mass is 300 g/mol. The Hall–Kier alpha value is -2.01. The molecule has 5 nitrogen and oxygen atoms in total. The molecule has 0 amide bonds. The molecule has 1 aliphatic heterocycles. The fourth-order valence-corrected chi connectivity index (χ4v) is 2.70. The van der Waals surface area contributed by atoms with E-state index in [-0.39, 0.29) is 5.54 Å². The lowest BCUT2D eigenvalue weighted by Crippen LogP contribution is -2.32. The van der Waals surface area contributed by atoms with E-state index >= 15 is 0 Å². The number of ether oxygens (including phenoxy) is 1. The van der Waals surface area contributed by atoms with Crippen LogP contribution < -0.4 is 15.4 Å². The minimum Gasteiger partial charge on any atom is -0.497 e. The summed E-state index contributed by atoms with van der Waals surface area (Å²) in [6.07, 6.45) is 0. The van der Waals surface area contributed by atoms with Gasteiger partial charge in [0.2, 0.25) is 0 Å². The maximum atomic E-state index is 5.25. The van der Waals surface area contributed by atoms with Gasteiger partial charge >= 0.3 is 0 Å². The molecule has 0 radical (unpaired) electrons. The second-order valence-electron chi connectivity index (χ2n) is 6.66. The van der Waals surface area contributed by atoms with Crippen molar-refractivity contribution in [3.8, 4) is 17.0 Å². The lowest BCUT2D eigenvalue weighted by molar-refractivity contribution is 0.415. The first-order chi connectivity index (χ1) is 10.5. The zero-order valence-electron chi connectivity index (χ0n) is 13.7. The van der Waals surface area contributed by atoms with Gasteiger partial charge in [0.25, 0.3) is 0 Å². The van der Waals surface area contributed by atoms with Gasteiger partial charge in [0.05, 0.1) is 13.7 Å². The van der Waals surface area contributed by atoms with Gasteiger partial charge in [-0.15, -0.1) is 0 Å². The standard InChI is InChI=1S/C17H24N4O/c1-17(2,3)20-16-15(12-5-7-13(22-4)8-6-12)19-14-11-18-9-10-21(14)16/h5-8,18,20H,9-11H2,1-4H3. The summed E-state index contributed by atoms with van der Waals surface area (Å²) in [7, 11) is 1.68. The Bertz CT molecular complexity index is 653. The summed E-state index contributed by atoms with van der Waals surface area (Å²) in [4.78, 5) is 4.86. The Morgan fingerprint density at radius 3 is 2.59 bits per heavy atom. The zero-order valence-corrected chi connectivity index (χ0v) is 13.7. The van der Waals surface area contributed by atoms with E-state index in [1.54, 1.807) is 7.11 Å². The highest BCUT2D eigenvalue weighted by molar-refractivity contribution is 5.73. The minimum atomic E-state index is -0.0110. The molecular weight excluding hydrogens is 276 g/mol. The van der Waals surface area contributed by atoms with Crippen LogP contribution in [0, 0.1) is 0 Å². The highest BCUT2D eigenvalue weighted by Gasteiger charge is 2.23. The molecule has 3 rings (SSSR count). The van der Waals surface area contributed by atoms with E-state index in [0.717, 1.165) is 48.3 Å². The molecule has 0 unspecified atom stereocenters. The van der Waals surface area contributed by atoms with Crippen LogP contribution in [0.2, 0.25) is 0 Å². The summed E-state index contributed by atoms with van der Waals surface area (Å²) in [5.74, 6) is 3.05. The van der Waals surface area contributed by atoms with Crippen molar-refractivity contribution in [1.29, 1.82) is 0 Å². The van der Waals surface area contributed by atoms with Gasteiger partial charge in [0.1, 0.15) is 23.1 Å². The molecule has 118 valence electrons. The molecule has 0 saturated heterocycles. The largest absolute Gasteiger partial charge is 0.497 e. The highest BCUT2D eigenvalue weighted by Crippen LogP contribution is 2.32. The van der Waals surface area contributed by atoms with Gasteiger partial charge in [0.15, 0.2) is 0 Å². The van der Waals surface area contributed by atoms with Gasteiger partial charge in [-0.3, -0.25) is 0 Å². The van der Waals surface area contributed by atoms with E-state index in [9.17, 15) is 0 Å². The number of benzene rings is 1. The molecule has 0 saturated carbocycles. The van der Waals surface area contributed by atoms with Crippen molar-refractivity contribution in [2.75, 3.05) is 19.0 Å². The summed E-state index contributed by atoms with van der Waals surface area (Å²) in [6, 6.07) is 8.09. The normalized spacial score (nSPS) is 14.5. The van der Waals surface area contributed by atoms with Crippen LogP contribution in [0.15, 0.2) is 24.3 Å². The SMILES string of the molecule is COc1ccc(-c2nc3n(c2NC(C)(C)C)CCNC3)cc1. The van der Waals surface area contributed by atoms with Crippen molar-refractivity contribution >= 4 is 5.82 Å². The van der Waals surface area contributed by atoms with Crippen LogP contribution in [0.5, 0.6) is 5.75 Å². The van der Waals surface area contributed by atoms with Crippen molar-refractivity contribution in [2.24, 2.45) is 0 Å². The Kier molecular flexibility index (Phi) is 3.83. The van der Waals surface area contributed by atoms with Crippen molar-refractivity contribution in [1.82, 2.24) is 14.9 Å². The fourth-order valence-electron chi connectivity index (χ4n) is 2.70. The van der Waals surface area contributed by atoms with Crippen LogP contribution >= 0.6 is 0 Å². The van der Waals surface area contributed by atoms with Gasteiger partial charge in [-0.25, -0.2) is 4.98 Å². The van der Waals surface area contributed by atoms with E-state index in [4.69, 9.17) is 9.72 Å². The minimum absolute atomic E-state index is 0.0110. The lowest BCUT2D eigenvalue weighted by Gasteiger charge is -2.25. The summed E-state index contributed by atoms with van der Waals surface area (Å²) in [5.41, 5.74) is 2.11. The predicted molar refractivity (Wildman–Crippen MR) is 89.3 cm³/mol. The van der Waals surface area contributed by atoms with Crippen LogP contribution in [0.4, 0.5) is 5.82 Å². The number of hydrogen-bond acceptors (Lipinski definition) is 4. The maximum Gasteiger partial charge on any atom is 0.134 e. The number of nitrogens with zero attached hydrogens (tertiary/aromatic N) is 2. The third kappa shape index (κ3) is 2.95. The number of rotatable bonds is 3. The van der Waals surface area contributed by atoms with Gasteiger partial charge < -0.3 is 19.9 Å². The Labute approximate surface area is 131 Å². The smallest absolute Gasteiger partial charge is 0.134 e. The topological polar surface area (TPSA) is 51.1 Å². The number of anilines is 1. The molecule has 0 bridgehead atoms. The molecule has 0 spiro atoms. The number of imidazole rings is 1.